The van der Waals surface area contributed by atoms with E-state index in [1.165, 1.54) is 21.9 Å². The number of hydrogen-bond donors (Lipinski definition) is 0. The van der Waals surface area contributed by atoms with Gasteiger partial charge >= 0.3 is 0 Å². The zero-order chi connectivity index (χ0) is 15.9. The van der Waals surface area contributed by atoms with Gasteiger partial charge in [0.05, 0.1) is 5.56 Å². The number of aromatic nitrogens is 3. The quantitative estimate of drug-likeness (QED) is 0.783. The molecule has 3 rings (SSSR count). The van der Waals surface area contributed by atoms with E-state index in [0.717, 1.165) is 0 Å². The lowest BCUT2D eigenvalue weighted by atomic mass is 10.1. The van der Waals surface area contributed by atoms with Crippen molar-refractivity contribution in [1.82, 2.24) is 19.4 Å². The van der Waals surface area contributed by atoms with Gasteiger partial charge in [-0.05, 0) is 22.0 Å². The average molecular weight is 385 g/mol. The summed E-state index contributed by atoms with van der Waals surface area (Å²) in [4.78, 5) is 21.6. The normalized spacial score (nSPS) is 15.6. The number of likely N-dealkylation sites (tertiary alicyclic amines) is 1. The molecule has 0 radical (unpaired) electrons. The Morgan fingerprint density at radius 3 is 2.68 bits per heavy atom. The Labute approximate surface area is 136 Å². The molecule has 7 nitrogen and oxygen atoms in total. The highest BCUT2D eigenvalue weighted by Crippen LogP contribution is 2.24. The SMILES string of the molecule is Cn1ccnc1S(=O)(=O)C1CN(C(=O)c2cncc(Br)c2)C1. The van der Waals surface area contributed by atoms with Gasteiger partial charge in [-0.3, -0.25) is 9.78 Å². The molecule has 0 N–H and O–H groups in total. The van der Waals surface area contributed by atoms with E-state index < -0.39 is 15.1 Å². The maximum atomic E-state index is 12.4. The number of aryl methyl sites for hydroxylation is 1. The zero-order valence-electron chi connectivity index (χ0n) is 11.7. The van der Waals surface area contributed by atoms with Crippen molar-refractivity contribution in [3.63, 3.8) is 0 Å². The van der Waals surface area contributed by atoms with E-state index in [0.29, 0.717) is 10.0 Å². The van der Waals surface area contributed by atoms with E-state index in [-0.39, 0.29) is 24.2 Å². The molecule has 9 heteroatoms. The number of sulfone groups is 1. The van der Waals surface area contributed by atoms with Gasteiger partial charge in [0.15, 0.2) is 0 Å². The molecule has 1 aliphatic heterocycles. The Kier molecular flexibility index (Phi) is 3.77. The van der Waals surface area contributed by atoms with E-state index in [4.69, 9.17) is 0 Å². The smallest absolute Gasteiger partial charge is 0.255 e. The number of pyridine rings is 1. The molecule has 0 bridgehead atoms. The number of imidazole rings is 1. The molecule has 0 saturated carbocycles. The molecule has 0 aliphatic carbocycles. The van der Waals surface area contributed by atoms with Crippen molar-refractivity contribution in [2.75, 3.05) is 13.1 Å². The van der Waals surface area contributed by atoms with E-state index in [1.807, 2.05) is 0 Å². The molecule has 0 unspecified atom stereocenters. The van der Waals surface area contributed by atoms with Gasteiger partial charge in [-0.15, -0.1) is 0 Å². The molecule has 0 atom stereocenters. The summed E-state index contributed by atoms with van der Waals surface area (Å²) < 4.78 is 27.0. The third-order valence-electron chi connectivity index (χ3n) is 3.56. The van der Waals surface area contributed by atoms with Crippen molar-refractivity contribution >= 4 is 31.7 Å². The van der Waals surface area contributed by atoms with Crippen molar-refractivity contribution in [1.29, 1.82) is 0 Å². The standard InChI is InChI=1S/C13H13BrN4O3S/c1-17-3-2-16-13(17)22(20,21)11-7-18(8-11)12(19)9-4-10(14)6-15-5-9/h2-6,11H,7-8H2,1H3. The van der Waals surface area contributed by atoms with Crippen molar-refractivity contribution < 1.29 is 13.2 Å². The molecular weight excluding hydrogens is 372 g/mol. The number of hydrogen-bond acceptors (Lipinski definition) is 5. The van der Waals surface area contributed by atoms with Gasteiger partial charge in [0.25, 0.3) is 5.91 Å². The van der Waals surface area contributed by atoms with Gasteiger partial charge in [0.2, 0.25) is 15.0 Å². The topological polar surface area (TPSA) is 85.2 Å². The highest BCUT2D eigenvalue weighted by molar-refractivity contribution is 9.10. The fourth-order valence-electron chi connectivity index (χ4n) is 2.29. The van der Waals surface area contributed by atoms with Crippen LogP contribution in [0.2, 0.25) is 0 Å². The Bertz CT molecular complexity index is 827. The number of rotatable bonds is 3. The lowest BCUT2D eigenvalue weighted by Gasteiger charge is -2.38. The van der Waals surface area contributed by atoms with Crippen LogP contribution in [0.5, 0.6) is 0 Å². The van der Waals surface area contributed by atoms with Crippen LogP contribution in [0.15, 0.2) is 40.5 Å². The summed E-state index contributed by atoms with van der Waals surface area (Å²) in [5, 5.41) is -0.577. The average Bonchev–Trinajstić information content (AvgIpc) is 2.83. The van der Waals surface area contributed by atoms with E-state index >= 15 is 0 Å². The summed E-state index contributed by atoms with van der Waals surface area (Å²) in [6, 6.07) is 1.66. The number of nitrogens with zero attached hydrogens (tertiary/aromatic N) is 4. The molecule has 116 valence electrons. The molecule has 3 heterocycles. The third kappa shape index (κ3) is 2.54. The lowest BCUT2D eigenvalue weighted by molar-refractivity contribution is 0.0658. The largest absolute Gasteiger partial charge is 0.336 e. The van der Waals surface area contributed by atoms with Crippen molar-refractivity contribution in [2.24, 2.45) is 7.05 Å². The first-order valence-electron chi connectivity index (χ1n) is 6.50. The molecule has 22 heavy (non-hydrogen) atoms. The molecule has 1 aliphatic rings. The number of amides is 1. The first-order valence-corrected chi connectivity index (χ1v) is 8.84. The van der Waals surface area contributed by atoms with Crippen LogP contribution in [0.1, 0.15) is 10.4 Å². The van der Waals surface area contributed by atoms with Crippen molar-refractivity contribution in [3.8, 4) is 0 Å². The van der Waals surface area contributed by atoms with Crippen LogP contribution in [0.25, 0.3) is 0 Å². The second-order valence-electron chi connectivity index (χ2n) is 5.09. The number of carbonyl (C=O) groups is 1. The van der Waals surface area contributed by atoms with Crippen LogP contribution in [0.3, 0.4) is 0 Å². The highest BCUT2D eigenvalue weighted by Gasteiger charge is 2.42. The molecule has 0 aromatic carbocycles. The van der Waals surface area contributed by atoms with Gasteiger partial charge in [0.1, 0.15) is 5.25 Å². The maximum absolute atomic E-state index is 12.4. The Morgan fingerprint density at radius 1 is 1.36 bits per heavy atom. The summed E-state index contributed by atoms with van der Waals surface area (Å²) in [5.41, 5.74) is 0.433. The van der Waals surface area contributed by atoms with Crippen LogP contribution >= 0.6 is 15.9 Å². The lowest BCUT2D eigenvalue weighted by Crippen LogP contribution is -2.57. The van der Waals surface area contributed by atoms with Crippen LogP contribution in [0, 0.1) is 0 Å². The predicted octanol–water partition coefficient (Wildman–Crippen LogP) is 0.876. The highest BCUT2D eigenvalue weighted by atomic mass is 79.9. The number of halogens is 1. The summed E-state index contributed by atoms with van der Waals surface area (Å²) >= 11 is 3.26. The van der Waals surface area contributed by atoms with E-state index in [9.17, 15) is 13.2 Å². The molecule has 2 aromatic rings. The Balaban J connectivity index is 1.72. The van der Waals surface area contributed by atoms with Crippen LogP contribution in [-0.2, 0) is 16.9 Å². The summed E-state index contributed by atoms with van der Waals surface area (Å²) in [6.45, 7) is 0.334. The van der Waals surface area contributed by atoms with Crippen LogP contribution in [-0.4, -0.2) is 52.1 Å². The van der Waals surface area contributed by atoms with Gasteiger partial charge in [-0.25, -0.2) is 13.4 Å². The number of carbonyl (C=O) groups excluding carboxylic acids is 1. The van der Waals surface area contributed by atoms with Crippen molar-refractivity contribution in [2.45, 2.75) is 10.4 Å². The molecular formula is C13H13BrN4O3S. The maximum Gasteiger partial charge on any atom is 0.255 e. The fraction of sp³-hybridized carbons (Fsp3) is 0.308. The fourth-order valence-corrected chi connectivity index (χ4v) is 4.37. The first-order chi connectivity index (χ1) is 10.4. The first kappa shape index (κ1) is 15.2. The molecule has 1 saturated heterocycles. The second kappa shape index (κ2) is 5.47. The van der Waals surface area contributed by atoms with Gasteiger partial charge in [-0.2, -0.15) is 0 Å². The predicted molar refractivity (Wildman–Crippen MR) is 82.0 cm³/mol. The third-order valence-corrected chi connectivity index (χ3v) is 6.07. The minimum atomic E-state index is -3.51. The van der Waals surface area contributed by atoms with E-state index in [2.05, 4.69) is 25.9 Å². The molecule has 1 fully saturated rings. The second-order valence-corrected chi connectivity index (χ2v) is 8.13. The monoisotopic (exact) mass is 384 g/mol. The molecule has 2 aromatic heterocycles. The summed E-state index contributed by atoms with van der Waals surface area (Å²) in [7, 11) is -1.88. The molecule has 0 spiro atoms. The van der Waals surface area contributed by atoms with Crippen LogP contribution < -0.4 is 0 Å². The Hall–Kier alpha value is -1.74. The van der Waals surface area contributed by atoms with Gasteiger partial charge in [0, 0.05) is 49.4 Å². The Morgan fingerprint density at radius 2 is 2.09 bits per heavy atom. The zero-order valence-corrected chi connectivity index (χ0v) is 14.1. The van der Waals surface area contributed by atoms with E-state index in [1.54, 1.807) is 25.5 Å². The molecule has 1 amide bonds. The van der Waals surface area contributed by atoms with Gasteiger partial charge < -0.3 is 9.47 Å². The summed E-state index contributed by atoms with van der Waals surface area (Å²) in [6.07, 6.45) is 6.08. The summed E-state index contributed by atoms with van der Waals surface area (Å²) in [5.74, 6) is -0.222. The van der Waals surface area contributed by atoms with Crippen molar-refractivity contribution in [3.05, 3.63) is 40.9 Å². The minimum absolute atomic E-state index is 0.0359. The van der Waals surface area contributed by atoms with Gasteiger partial charge in [-0.1, -0.05) is 0 Å². The minimum Gasteiger partial charge on any atom is -0.336 e. The van der Waals surface area contributed by atoms with Crippen LogP contribution in [0.4, 0.5) is 0 Å².